The van der Waals surface area contributed by atoms with Gasteiger partial charge in [0.05, 0.1) is 0 Å². The minimum Gasteiger partial charge on any atom is -0.371 e. The Labute approximate surface area is 137 Å². The third-order valence-corrected chi connectivity index (χ3v) is 4.44. The number of nitrogens with one attached hydrogen (secondary N) is 1. The Balaban J connectivity index is 1.60. The van der Waals surface area contributed by atoms with Crippen LogP contribution in [0, 0.1) is 0 Å². The molecular formula is C19H23N3O. The summed E-state index contributed by atoms with van der Waals surface area (Å²) in [4.78, 5) is 14.2. The maximum atomic E-state index is 11.8. The first-order valence-corrected chi connectivity index (χ1v) is 8.14. The smallest absolute Gasteiger partial charge is 0.239 e. The zero-order valence-electron chi connectivity index (χ0n) is 13.2. The number of anilines is 1. The third kappa shape index (κ3) is 3.90. The predicted octanol–water partition coefficient (Wildman–Crippen LogP) is 2.47. The first-order chi connectivity index (χ1) is 11.2. The fourth-order valence-corrected chi connectivity index (χ4v) is 3.17. The second-order valence-electron chi connectivity index (χ2n) is 6.01. The van der Waals surface area contributed by atoms with Crippen LogP contribution in [0.5, 0.6) is 0 Å². The Bertz CT molecular complexity index is 622. The number of piperidine rings is 1. The molecular weight excluding hydrogens is 286 g/mol. The number of hydrogen-bond acceptors (Lipinski definition) is 3. The standard InChI is InChI=1S/C19H23N3O/c20-19(23)18(15-7-3-1-4-8-15)21-16-11-13-22(14-12-16)17-9-5-2-6-10-17/h1-10,16,18,21H,11-14H2,(H2,20,23). The van der Waals surface area contributed by atoms with Crippen molar-refractivity contribution in [2.75, 3.05) is 18.0 Å². The lowest BCUT2D eigenvalue weighted by Crippen LogP contribution is -2.46. The summed E-state index contributed by atoms with van der Waals surface area (Å²) in [6.45, 7) is 1.98. The molecule has 2 aromatic rings. The molecule has 1 unspecified atom stereocenters. The van der Waals surface area contributed by atoms with E-state index in [-0.39, 0.29) is 5.91 Å². The maximum Gasteiger partial charge on any atom is 0.239 e. The Morgan fingerprint density at radius 3 is 2.13 bits per heavy atom. The topological polar surface area (TPSA) is 58.4 Å². The highest BCUT2D eigenvalue weighted by molar-refractivity contribution is 5.81. The first kappa shape index (κ1) is 15.6. The van der Waals surface area contributed by atoms with Gasteiger partial charge in [-0.05, 0) is 30.5 Å². The van der Waals surface area contributed by atoms with Crippen molar-refractivity contribution < 1.29 is 4.79 Å². The van der Waals surface area contributed by atoms with Crippen LogP contribution >= 0.6 is 0 Å². The van der Waals surface area contributed by atoms with Crippen molar-refractivity contribution in [2.45, 2.75) is 24.9 Å². The quantitative estimate of drug-likeness (QED) is 0.892. The number of nitrogens with zero attached hydrogens (tertiary/aromatic N) is 1. The molecule has 1 aliphatic heterocycles. The lowest BCUT2D eigenvalue weighted by atomic mass is 10.00. The van der Waals surface area contributed by atoms with Crippen LogP contribution in [-0.2, 0) is 4.79 Å². The largest absolute Gasteiger partial charge is 0.371 e. The summed E-state index contributed by atoms with van der Waals surface area (Å²) < 4.78 is 0. The van der Waals surface area contributed by atoms with Gasteiger partial charge >= 0.3 is 0 Å². The number of nitrogens with two attached hydrogens (primary N) is 1. The van der Waals surface area contributed by atoms with Crippen LogP contribution in [0.15, 0.2) is 60.7 Å². The van der Waals surface area contributed by atoms with E-state index in [1.807, 2.05) is 36.4 Å². The number of para-hydroxylation sites is 1. The van der Waals surface area contributed by atoms with Crippen molar-refractivity contribution in [2.24, 2.45) is 5.73 Å². The van der Waals surface area contributed by atoms with Crippen LogP contribution in [0.4, 0.5) is 5.69 Å². The number of amides is 1. The zero-order chi connectivity index (χ0) is 16.1. The number of carbonyl (C=O) groups is 1. The van der Waals surface area contributed by atoms with E-state index in [1.54, 1.807) is 0 Å². The Morgan fingerprint density at radius 1 is 1.00 bits per heavy atom. The molecule has 0 saturated carbocycles. The van der Waals surface area contributed by atoms with E-state index in [0.29, 0.717) is 6.04 Å². The first-order valence-electron chi connectivity index (χ1n) is 8.14. The highest BCUT2D eigenvalue weighted by atomic mass is 16.1. The number of primary amides is 1. The molecule has 1 heterocycles. The van der Waals surface area contributed by atoms with Gasteiger partial charge in [0.15, 0.2) is 0 Å². The fraction of sp³-hybridized carbons (Fsp3) is 0.316. The molecule has 0 aliphatic carbocycles. The van der Waals surface area contributed by atoms with Crippen molar-refractivity contribution in [3.8, 4) is 0 Å². The molecule has 4 nitrogen and oxygen atoms in total. The molecule has 0 bridgehead atoms. The molecule has 1 aliphatic rings. The number of hydrogen-bond donors (Lipinski definition) is 2. The van der Waals surface area contributed by atoms with E-state index in [1.165, 1.54) is 5.69 Å². The molecule has 3 rings (SSSR count). The van der Waals surface area contributed by atoms with Gasteiger partial charge in [-0.2, -0.15) is 0 Å². The molecule has 120 valence electrons. The fourth-order valence-electron chi connectivity index (χ4n) is 3.17. The van der Waals surface area contributed by atoms with E-state index >= 15 is 0 Å². The van der Waals surface area contributed by atoms with Gasteiger partial charge in [0.25, 0.3) is 0 Å². The summed E-state index contributed by atoms with van der Waals surface area (Å²) in [6.07, 6.45) is 2.01. The van der Waals surface area contributed by atoms with Crippen LogP contribution in [0.25, 0.3) is 0 Å². The number of rotatable bonds is 5. The van der Waals surface area contributed by atoms with E-state index in [2.05, 4.69) is 34.5 Å². The average Bonchev–Trinajstić information content (AvgIpc) is 2.61. The van der Waals surface area contributed by atoms with Crippen LogP contribution < -0.4 is 16.0 Å². The Hall–Kier alpha value is -2.33. The lowest BCUT2D eigenvalue weighted by Gasteiger charge is -2.35. The summed E-state index contributed by atoms with van der Waals surface area (Å²) in [5.41, 5.74) is 7.79. The summed E-state index contributed by atoms with van der Waals surface area (Å²) in [5.74, 6) is -0.318. The second-order valence-corrected chi connectivity index (χ2v) is 6.01. The van der Waals surface area contributed by atoms with Gasteiger partial charge in [0, 0.05) is 24.8 Å². The van der Waals surface area contributed by atoms with Gasteiger partial charge in [-0.1, -0.05) is 48.5 Å². The van der Waals surface area contributed by atoms with Gasteiger partial charge < -0.3 is 10.6 Å². The molecule has 3 N–H and O–H groups in total. The Morgan fingerprint density at radius 2 is 1.57 bits per heavy atom. The number of benzene rings is 2. The third-order valence-electron chi connectivity index (χ3n) is 4.44. The van der Waals surface area contributed by atoms with Crippen molar-refractivity contribution in [3.63, 3.8) is 0 Å². The monoisotopic (exact) mass is 309 g/mol. The van der Waals surface area contributed by atoms with Crippen LogP contribution in [0.2, 0.25) is 0 Å². The molecule has 1 fully saturated rings. The molecule has 0 aromatic heterocycles. The summed E-state index contributed by atoms with van der Waals surface area (Å²) in [7, 11) is 0. The predicted molar refractivity (Wildman–Crippen MR) is 93.2 cm³/mol. The molecule has 2 aromatic carbocycles. The molecule has 1 amide bonds. The SMILES string of the molecule is NC(=O)C(NC1CCN(c2ccccc2)CC1)c1ccccc1. The molecule has 4 heteroatoms. The maximum absolute atomic E-state index is 11.8. The van der Waals surface area contributed by atoms with E-state index < -0.39 is 6.04 Å². The van der Waals surface area contributed by atoms with Crippen molar-refractivity contribution in [3.05, 3.63) is 66.2 Å². The van der Waals surface area contributed by atoms with Crippen LogP contribution in [-0.4, -0.2) is 25.0 Å². The molecule has 0 spiro atoms. The normalized spacial score (nSPS) is 17.0. The average molecular weight is 309 g/mol. The van der Waals surface area contributed by atoms with Gasteiger partial charge in [-0.15, -0.1) is 0 Å². The number of carbonyl (C=O) groups excluding carboxylic acids is 1. The molecule has 23 heavy (non-hydrogen) atoms. The van der Waals surface area contributed by atoms with Crippen LogP contribution in [0.3, 0.4) is 0 Å². The minimum atomic E-state index is -0.413. The van der Waals surface area contributed by atoms with E-state index in [4.69, 9.17) is 5.73 Å². The molecule has 1 atom stereocenters. The molecule has 0 radical (unpaired) electrons. The van der Waals surface area contributed by atoms with Gasteiger partial charge in [0.2, 0.25) is 5.91 Å². The summed E-state index contributed by atoms with van der Waals surface area (Å²) in [5, 5.41) is 3.44. The Kier molecular flexibility index (Phi) is 4.93. The lowest BCUT2D eigenvalue weighted by molar-refractivity contribution is -0.120. The minimum absolute atomic E-state index is 0.313. The zero-order valence-corrected chi connectivity index (χ0v) is 13.2. The summed E-state index contributed by atoms with van der Waals surface area (Å²) >= 11 is 0. The summed E-state index contributed by atoms with van der Waals surface area (Å²) in [6, 6.07) is 20.1. The van der Waals surface area contributed by atoms with E-state index in [9.17, 15) is 4.79 Å². The van der Waals surface area contributed by atoms with Crippen molar-refractivity contribution in [1.82, 2.24) is 5.32 Å². The van der Waals surface area contributed by atoms with Crippen molar-refractivity contribution in [1.29, 1.82) is 0 Å². The van der Waals surface area contributed by atoms with E-state index in [0.717, 1.165) is 31.5 Å². The highest BCUT2D eigenvalue weighted by Gasteiger charge is 2.25. The van der Waals surface area contributed by atoms with Crippen LogP contribution in [0.1, 0.15) is 24.4 Å². The second kappa shape index (κ2) is 7.29. The molecule has 1 saturated heterocycles. The van der Waals surface area contributed by atoms with Gasteiger partial charge in [0.1, 0.15) is 6.04 Å². The van der Waals surface area contributed by atoms with Gasteiger partial charge in [-0.3, -0.25) is 10.1 Å². The van der Waals surface area contributed by atoms with Gasteiger partial charge in [-0.25, -0.2) is 0 Å². The van der Waals surface area contributed by atoms with Crippen molar-refractivity contribution >= 4 is 11.6 Å². The highest BCUT2D eigenvalue weighted by Crippen LogP contribution is 2.21.